The molecule has 0 heterocycles. The molecule has 122 valence electrons. The van der Waals surface area contributed by atoms with Crippen LogP contribution in [0, 0.1) is 0 Å². The number of rotatable bonds is 13. The molecule has 0 rings (SSSR count). The maximum absolute atomic E-state index is 10.9. The highest BCUT2D eigenvalue weighted by atomic mass is 16.1. The molecule has 0 aromatic heterocycles. The fourth-order valence-corrected chi connectivity index (χ4v) is 2.43. The number of unbranched alkanes of at least 4 members (excludes halogenated alkanes) is 5. The van der Waals surface area contributed by atoms with Crippen LogP contribution in [0.3, 0.4) is 0 Å². The van der Waals surface area contributed by atoms with Crippen LogP contribution in [-0.4, -0.2) is 5.78 Å². The topological polar surface area (TPSA) is 17.1 Å². The molecule has 0 aromatic carbocycles. The van der Waals surface area contributed by atoms with E-state index in [0.29, 0.717) is 12.2 Å². The lowest BCUT2D eigenvalue weighted by molar-refractivity contribution is -0.116. The Bertz CT molecular complexity index is 323. The lowest BCUT2D eigenvalue weighted by Gasteiger charge is -2.03. The standard InChI is InChI=1S/C20H36O/c1-5-6-13-18(2)14-10-8-7-9-11-15-19(3)16-12-17-20(4)21/h14,16H,5-13,15,17H2,1-4H3. The number of ketones is 1. The molecule has 0 fully saturated rings. The summed E-state index contributed by atoms with van der Waals surface area (Å²) in [4.78, 5) is 10.9. The van der Waals surface area contributed by atoms with Gasteiger partial charge < -0.3 is 4.79 Å². The van der Waals surface area contributed by atoms with Gasteiger partial charge in [0.25, 0.3) is 0 Å². The van der Waals surface area contributed by atoms with Gasteiger partial charge in [-0.2, -0.15) is 0 Å². The highest BCUT2D eigenvalue weighted by Gasteiger charge is 1.95. The van der Waals surface area contributed by atoms with Crippen LogP contribution in [0.5, 0.6) is 0 Å². The van der Waals surface area contributed by atoms with Crippen molar-refractivity contribution in [1.29, 1.82) is 0 Å². The number of allylic oxidation sites excluding steroid dienone is 4. The highest BCUT2D eigenvalue weighted by molar-refractivity contribution is 5.75. The lowest BCUT2D eigenvalue weighted by atomic mass is 10.0. The Kier molecular flexibility index (Phi) is 13.5. The smallest absolute Gasteiger partial charge is 0.130 e. The third kappa shape index (κ3) is 15.4. The molecule has 0 unspecified atom stereocenters. The van der Waals surface area contributed by atoms with E-state index < -0.39 is 0 Å². The quantitative estimate of drug-likeness (QED) is 0.270. The van der Waals surface area contributed by atoms with Gasteiger partial charge in [0, 0.05) is 6.42 Å². The minimum atomic E-state index is 0.293. The van der Waals surface area contributed by atoms with E-state index >= 15 is 0 Å². The van der Waals surface area contributed by atoms with Gasteiger partial charge in [0.2, 0.25) is 0 Å². The molecule has 0 aliphatic carbocycles. The van der Waals surface area contributed by atoms with Crippen molar-refractivity contribution in [2.45, 2.75) is 98.3 Å². The average molecular weight is 293 g/mol. The van der Waals surface area contributed by atoms with Crippen molar-refractivity contribution >= 4 is 5.78 Å². The first kappa shape index (κ1) is 20.1. The van der Waals surface area contributed by atoms with Crippen LogP contribution in [0.1, 0.15) is 98.3 Å². The van der Waals surface area contributed by atoms with E-state index in [1.165, 1.54) is 63.4 Å². The predicted octanol–water partition coefficient (Wildman–Crippen LogP) is 6.78. The normalized spacial score (nSPS) is 12.8. The Morgan fingerprint density at radius 1 is 0.714 bits per heavy atom. The zero-order chi connectivity index (χ0) is 15.9. The minimum absolute atomic E-state index is 0.293. The Hall–Kier alpha value is -0.850. The van der Waals surface area contributed by atoms with Crippen molar-refractivity contribution in [1.82, 2.24) is 0 Å². The van der Waals surface area contributed by atoms with Gasteiger partial charge in [-0.15, -0.1) is 0 Å². The maximum atomic E-state index is 10.9. The molecule has 0 radical (unpaired) electrons. The molecule has 1 heteroatoms. The molecule has 1 nitrogen and oxygen atoms in total. The summed E-state index contributed by atoms with van der Waals surface area (Å²) >= 11 is 0. The zero-order valence-corrected chi connectivity index (χ0v) is 14.8. The molecule has 0 saturated heterocycles. The van der Waals surface area contributed by atoms with Crippen LogP contribution in [0.15, 0.2) is 23.3 Å². The number of hydrogen-bond acceptors (Lipinski definition) is 1. The van der Waals surface area contributed by atoms with E-state index in [-0.39, 0.29) is 0 Å². The molecule has 0 saturated carbocycles. The van der Waals surface area contributed by atoms with Crippen molar-refractivity contribution in [2.24, 2.45) is 0 Å². The van der Waals surface area contributed by atoms with Crippen LogP contribution in [-0.2, 0) is 4.79 Å². The summed E-state index contributed by atoms with van der Waals surface area (Å²) in [6.07, 6.45) is 17.9. The average Bonchev–Trinajstić information content (AvgIpc) is 2.43. The van der Waals surface area contributed by atoms with E-state index in [1.807, 2.05) is 0 Å². The second-order valence-electron chi connectivity index (χ2n) is 6.40. The van der Waals surface area contributed by atoms with Gasteiger partial charge in [0.1, 0.15) is 5.78 Å². The lowest BCUT2D eigenvalue weighted by Crippen LogP contribution is -1.88. The van der Waals surface area contributed by atoms with E-state index in [0.717, 1.165) is 6.42 Å². The van der Waals surface area contributed by atoms with E-state index in [1.54, 1.807) is 12.5 Å². The predicted molar refractivity (Wildman–Crippen MR) is 94.7 cm³/mol. The van der Waals surface area contributed by atoms with Gasteiger partial charge >= 0.3 is 0 Å². The fourth-order valence-electron chi connectivity index (χ4n) is 2.43. The van der Waals surface area contributed by atoms with Crippen molar-refractivity contribution in [3.05, 3.63) is 23.3 Å². The number of carbonyl (C=O) groups excluding carboxylic acids is 1. The fraction of sp³-hybridized carbons (Fsp3) is 0.750. The molecule has 21 heavy (non-hydrogen) atoms. The minimum Gasteiger partial charge on any atom is -0.300 e. The van der Waals surface area contributed by atoms with Gasteiger partial charge in [-0.05, 0) is 65.7 Å². The molecule has 0 aliphatic rings. The Balaban J connectivity index is 3.49. The summed E-state index contributed by atoms with van der Waals surface area (Å²) in [6.45, 7) is 8.39. The van der Waals surface area contributed by atoms with Gasteiger partial charge in [-0.1, -0.05) is 49.5 Å². The first-order valence-corrected chi connectivity index (χ1v) is 8.87. The van der Waals surface area contributed by atoms with E-state index in [9.17, 15) is 4.79 Å². The first-order valence-electron chi connectivity index (χ1n) is 8.87. The number of Topliss-reactive ketones (excluding diaryl/α,β-unsaturated/α-hetero) is 1. The van der Waals surface area contributed by atoms with Crippen LogP contribution >= 0.6 is 0 Å². The largest absolute Gasteiger partial charge is 0.300 e. The summed E-state index contributed by atoms with van der Waals surface area (Å²) in [6, 6.07) is 0. The van der Waals surface area contributed by atoms with Crippen LogP contribution in [0.2, 0.25) is 0 Å². The second kappa shape index (κ2) is 14.1. The number of hydrogen-bond donors (Lipinski definition) is 0. The van der Waals surface area contributed by atoms with Crippen LogP contribution in [0.4, 0.5) is 0 Å². The third-order valence-electron chi connectivity index (χ3n) is 3.93. The summed E-state index contributed by atoms with van der Waals surface area (Å²) < 4.78 is 0. The zero-order valence-electron chi connectivity index (χ0n) is 14.8. The SMILES string of the molecule is CCCCC(C)=CCCCCCCC(C)=CCCC(C)=O. The first-order chi connectivity index (χ1) is 10.1. The van der Waals surface area contributed by atoms with Crippen molar-refractivity contribution < 1.29 is 4.79 Å². The molecular weight excluding hydrogens is 256 g/mol. The summed E-state index contributed by atoms with van der Waals surface area (Å²) in [7, 11) is 0. The van der Waals surface area contributed by atoms with Gasteiger partial charge in [0.05, 0.1) is 0 Å². The van der Waals surface area contributed by atoms with Crippen LogP contribution < -0.4 is 0 Å². The van der Waals surface area contributed by atoms with Crippen molar-refractivity contribution in [3.8, 4) is 0 Å². The summed E-state index contributed by atoms with van der Waals surface area (Å²) in [5, 5.41) is 0. The van der Waals surface area contributed by atoms with E-state index in [4.69, 9.17) is 0 Å². The van der Waals surface area contributed by atoms with Crippen molar-refractivity contribution in [3.63, 3.8) is 0 Å². The maximum Gasteiger partial charge on any atom is 0.130 e. The second-order valence-corrected chi connectivity index (χ2v) is 6.40. The Morgan fingerprint density at radius 3 is 1.90 bits per heavy atom. The highest BCUT2D eigenvalue weighted by Crippen LogP contribution is 2.13. The van der Waals surface area contributed by atoms with Gasteiger partial charge in [-0.3, -0.25) is 0 Å². The molecule has 0 spiro atoms. The Morgan fingerprint density at radius 2 is 1.29 bits per heavy atom. The molecule has 0 aromatic rings. The number of carbonyl (C=O) groups is 1. The summed E-state index contributed by atoms with van der Waals surface area (Å²) in [5.41, 5.74) is 3.02. The molecule has 0 N–H and O–H groups in total. The third-order valence-corrected chi connectivity index (χ3v) is 3.93. The Labute approximate surface area is 132 Å². The molecule has 0 amide bonds. The van der Waals surface area contributed by atoms with E-state index in [2.05, 4.69) is 32.9 Å². The van der Waals surface area contributed by atoms with Gasteiger partial charge in [0.15, 0.2) is 0 Å². The van der Waals surface area contributed by atoms with Crippen LogP contribution in [0.25, 0.3) is 0 Å². The molecular formula is C20H36O. The van der Waals surface area contributed by atoms with Gasteiger partial charge in [-0.25, -0.2) is 0 Å². The van der Waals surface area contributed by atoms with Crippen molar-refractivity contribution in [2.75, 3.05) is 0 Å². The molecule has 0 atom stereocenters. The summed E-state index contributed by atoms with van der Waals surface area (Å²) in [5.74, 6) is 0.293. The monoisotopic (exact) mass is 292 g/mol. The molecule has 0 aliphatic heterocycles. The molecule has 0 bridgehead atoms.